The summed E-state index contributed by atoms with van der Waals surface area (Å²) in [6.07, 6.45) is 6.78. The van der Waals surface area contributed by atoms with Crippen LogP contribution >= 0.6 is 0 Å². The normalized spacial score (nSPS) is 20.4. The van der Waals surface area contributed by atoms with Gasteiger partial charge in [0.2, 0.25) is 0 Å². The van der Waals surface area contributed by atoms with E-state index in [-0.39, 0.29) is 18.6 Å². The van der Waals surface area contributed by atoms with Crippen molar-refractivity contribution >= 4 is 6.03 Å². The van der Waals surface area contributed by atoms with Crippen molar-refractivity contribution in [1.29, 1.82) is 0 Å². The molecule has 0 aliphatic heterocycles. The van der Waals surface area contributed by atoms with Crippen LogP contribution in [0.15, 0.2) is 48.8 Å². The number of urea groups is 1. The molecule has 25 heavy (non-hydrogen) atoms. The molecule has 5 nitrogen and oxygen atoms in total. The van der Waals surface area contributed by atoms with Crippen LogP contribution in [0.25, 0.3) is 0 Å². The Kier molecular flexibility index (Phi) is 5.34. The third kappa shape index (κ3) is 3.99. The van der Waals surface area contributed by atoms with Crippen LogP contribution in [-0.2, 0) is 12.0 Å². The Bertz CT molecular complexity index is 720. The molecule has 2 atom stereocenters. The third-order valence-corrected chi connectivity index (χ3v) is 4.92. The minimum absolute atomic E-state index is 0.0729. The fourth-order valence-corrected chi connectivity index (χ4v) is 3.53. The molecular weight excluding hydrogens is 314 g/mol. The monoisotopic (exact) mass is 339 g/mol. The van der Waals surface area contributed by atoms with Crippen molar-refractivity contribution in [2.75, 3.05) is 6.54 Å². The quantitative estimate of drug-likeness (QED) is 0.784. The van der Waals surface area contributed by atoms with Gasteiger partial charge in [-0.25, -0.2) is 4.79 Å². The van der Waals surface area contributed by atoms with Gasteiger partial charge in [-0.3, -0.25) is 4.98 Å². The highest BCUT2D eigenvalue weighted by atomic mass is 16.3. The first-order valence-electron chi connectivity index (χ1n) is 8.87. The number of nitrogens with one attached hydrogen (secondary N) is 2. The first kappa shape index (κ1) is 17.4. The third-order valence-electron chi connectivity index (χ3n) is 4.92. The van der Waals surface area contributed by atoms with Gasteiger partial charge in [0, 0.05) is 12.4 Å². The summed E-state index contributed by atoms with van der Waals surface area (Å²) in [5, 5.41) is 16.9. The number of aliphatic hydroxyl groups is 1. The van der Waals surface area contributed by atoms with Gasteiger partial charge in [-0.15, -0.1) is 0 Å². The summed E-state index contributed by atoms with van der Waals surface area (Å²) < 4.78 is 0. The standard InChI is InChI=1S/C20H25N3O2/c1-2-18(16-9-12-21-13-10-16)23-19(24)22-14-20(25)11-5-7-15-6-3-4-8-17(15)20/h3-4,6,8-10,12-13,18,25H,2,5,7,11,14H2,1H3,(H2,22,23,24). The summed E-state index contributed by atoms with van der Waals surface area (Å²) in [4.78, 5) is 16.3. The first-order chi connectivity index (χ1) is 12.1. The van der Waals surface area contributed by atoms with Gasteiger partial charge in [-0.1, -0.05) is 31.2 Å². The number of aryl methyl sites for hydroxylation is 1. The van der Waals surface area contributed by atoms with E-state index < -0.39 is 5.60 Å². The molecule has 132 valence electrons. The van der Waals surface area contributed by atoms with Crippen LogP contribution in [0.1, 0.15) is 48.9 Å². The molecule has 1 aliphatic rings. The van der Waals surface area contributed by atoms with Crippen LogP contribution in [0.5, 0.6) is 0 Å². The summed E-state index contributed by atoms with van der Waals surface area (Å²) >= 11 is 0. The van der Waals surface area contributed by atoms with Crippen molar-refractivity contribution in [2.45, 2.75) is 44.2 Å². The van der Waals surface area contributed by atoms with Gasteiger partial charge in [0.05, 0.1) is 12.6 Å². The molecule has 0 radical (unpaired) electrons. The maximum Gasteiger partial charge on any atom is 0.315 e. The topological polar surface area (TPSA) is 74.2 Å². The molecule has 2 amide bonds. The number of nitrogens with zero attached hydrogens (tertiary/aromatic N) is 1. The molecule has 0 fully saturated rings. The second-order valence-corrected chi connectivity index (χ2v) is 6.61. The molecule has 0 bridgehead atoms. The molecule has 5 heteroatoms. The van der Waals surface area contributed by atoms with Crippen LogP contribution in [0.3, 0.4) is 0 Å². The van der Waals surface area contributed by atoms with Gasteiger partial charge in [-0.2, -0.15) is 0 Å². The molecule has 1 aromatic carbocycles. The lowest BCUT2D eigenvalue weighted by molar-refractivity contribution is 0.0216. The average molecular weight is 339 g/mol. The first-order valence-corrected chi connectivity index (χ1v) is 8.87. The molecule has 2 unspecified atom stereocenters. The van der Waals surface area contributed by atoms with E-state index in [9.17, 15) is 9.90 Å². The summed E-state index contributed by atoms with van der Waals surface area (Å²) in [5.74, 6) is 0. The Morgan fingerprint density at radius 2 is 2.04 bits per heavy atom. The van der Waals surface area contributed by atoms with E-state index in [0.29, 0.717) is 6.42 Å². The average Bonchev–Trinajstić information content (AvgIpc) is 2.66. The largest absolute Gasteiger partial charge is 0.383 e. The minimum atomic E-state index is -0.995. The van der Waals surface area contributed by atoms with E-state index in [1.165, 1.54) is 5.56 Å². The van der Waals surface area contributed by atoms with Crippen LogP contribution in [0.2, 0.25) is 0 Å². The molecule has 1 aromatic heterocycles. The Hall–Kier alpha value is -2.40. The van der Waals surface area contributed by atoms with Crippen LogP contribution in [0, 0.1) is 0 Å². The Morgan fingerprint density at radius 1 is 1.28 bits per heavy atom. The number of hydrogen-bond donors (Lipinski definition) is 3. The van der Waals surface area contributed by atoms with Crippen molar-refractivity contribution in [1.82, 2.24) is 15.6 Å². The number of carbonyl (C=O) groups excluding carboxylic acids is 1. The highest BCUT2D eigenvalue weighted by Crippen LogP contribution is 2.34. The Morgan fingerprint density at radius 3 is 2.80 bits per heavy atom. The van der Waals surface area contributed by atoms with Gasteiger partial charge in [0.25, 0.3) is 0 Å². The highest BCUT2D eigenvalue weighted by molar-refractivity contribution is 5.74. The molecule has 1 heterocycles. The number of pyridine rings is 1. The molecule has 3 rings (SSSR count). The van der Waals surface area contributed by atoms with Gasteiger partial charge in [-0.05, 0) is 54.5 Å². The summed E-state index contributed by atoms with van der Waals surface area (Å²) in [6, 6.07) is 11.4. The second kappa shape index (κ2) is 7.66. The zero-order valence-corrected chi connectivity index (χ0v) is 14.5. The van der Waals surface area contributed by atoms with Crippen molar-refractivity contribution in [3.8, 4) is 0 Å². The van der Waals surface area contributed by atoms with Gasteiger partial charge < -0.3 is 15.7 Å². The van der Waals surface area contributed by atoms with Crippen LogP contribution in [0.4, 0.5) is 4.79 Å². The molecule has 0 spiro atoms. The number of hydrogen-bond acceptors (Lipinski definition) is 3. The van der Waals surface area contributed by atoms with Crippen LogP contribution < -0.4 is 10.6 Å². The molecule has 0 saturated heterocycles. The lowest BCUT2D eigenvalue weighted by Gasteiger charge is -2.34. The van der Waals surface area contributed by atoms with E-state index in [0.717, 1.165) is 30.4 Å². The molecule has 2 aromatic rings. The maximum absolute atomic E-state index is 12.3. The van der Waals surface area contributed by atoms with E-state index in [1.54, 1.807) is 12.4 Å². The van der Waals surface area contributed by atoms with E-state index >= 15 is 0 Å². The van der Waals surface area contributed by atoms with Gasteiger partial charge in [0.1, 0.15) is 5.60 Å². The zero-order valence-electron chi connectivity index (χ0n) is 14.5. The number of aromatic nitrogens is 1. The number of benzene rings is 1. The van der Waals surface area contributed by atoms with Gasteiger partial charge in [0.15, 0.2) is 0 Å². The Labute approximate surface area is 148 Å². The fraction of sp³-hybridized carbons (Fsp3) is 0.400. The molecule has 3 N–H and O–H groups in total. The predicted molar refractivity (Wildman–Crippen MR) is 97.1 cm³/mol. The number of amides is 2. The van der Waals surface area contributed by atoms with E-state index in [4.69, 9.17) is 0 Å². The lowest BCUT2D eigenvalue weighted by atomic mass is 9.79. The Balaban J connectivity index is 1.63. The van der Waals surface area contributed by atoms with Crippen molar-refractivity contribution < 1.29 is 9.90 Å². The van der Waals surface area contributed by atoms with Gasteiger partial charge >= 0.3 is 6.03 Å². The van der Waals surface area contributed by atoms with E-state index in [1.807, 2.05) is 37.3 Å². The highest BCUT2D eigenvalue weighted by Gasteiger charge is 2.34. The number of fused-ring (bicyclic) bond motifs is 1. The minimum Gasteiger partial charge on any atom is -0.383 e. The fourth-order valence-electron chi connectivity index (χ4n) is 3.53. The number of carbonyl (C=O) groups is 1. The SMILES string of the molecule is CCC(NC(=O)NCC1(O)CCCc2ccccc21)c1ccncc1. The molecule has 0 saturated carbocycles. The summed E-state index contributed by atoms with van der Waals surface area (Å²) in [7, 11) is 0. The zero-order chi connectivity index (χ0) is 17.7. The number of rotatable bonds is 5. The molecular formula is C20H25N3O2. The predicted octanol–water partition coefficient (Wildman–Crippen LogP) is 3.06. The molecule has 1 aliphatic carbocycles. The lowest BCUT2D eigenvalue weighted by Crippen LogP contribution is -2.46. The smallest absolute Gasteiger partial charge is 0.315 e. The van der Waals surface area contributed by atoms with Crippen molar-refractivity contribution in [3.05, 3.63) is 65.5 Å². The second-order valence-electron chi connectivity index (χ2n) is 6.61. The summed E-state index contributed by atoms with van der Waals surface area (Å²) in [5.41, 5.74) is 2.13. The van der Waals surface area contributed by atoms with Crippen molar-refractivity contribution in [3.63, 3.8) is 0 Å². The van der Waals surface area contributed by atoms with Crippen LogP contribution in [-0.4, -0.2) is 22.7 Å². The maximum atomic E-state index is 12.3. The summed E-state index contributed by atoms with van der Waals surface area (Å²) in [6.45, 7) is 2.24. The van der Waals surface area contributed by atoms with Crippen molar-refractivity contribution in [2.24, 2.45) is 0 Å². The van der Waals surface area contributed by atoms with E-state index in [2.05, 4.69) is 21.7 Å².